The molecule has 1 aromatic rings. The van der Waals surface area contributed by atoms with E-state index in [2.05, 4.69) is 0 Å². The third-order valence-corrected chi connectivity index (χ3v) is 3.27. The smallest absolute Gasteiger partial charge is 0.194 e. The highest BCUT2D eigenvalue weighted by Crippen LogP contribution is 2.39. The minimum atomic E-state index is -1.60. The zero-order valence-electron chi connectivity index (χ0n) is 10.3. The maximum atomic E-state index is 13.3. The highest BCUT2D eigenvalue weighted by Gasteiger charge is 2.46. The average molecular weight is 259 g/mol. The topological polar surface area (TPSA) is 78.2 Å². The summed E-state index contributed by atoms with van der Waals surface area (Å²) in [5.74, 6) is -2.61. The molecule has 0 spiro atoms. The van der Waals surface area contributed by atoms with Crippen molar-refractivity contribution in [3.8, 4) is 6.07 Å². The third kappa shape index (κ3) is 1.65. The van der Waals surface area contributed by atoms with E-state index in [1.807, 2.05) is 6.07 Å². The van der Waals surface area contributed by atoms with Crippen LogP contribution < -0.4 is 0 Å². The van der Waals surface area contributed by atoms with Gasteiger partial charge < -0.3 is 5.11 Å². The lowest BCUT2D eigenvalue weighted by atomic mass is 9.70. The fourth-order valence-electron chi connectivity index (χ4n) is 2.20. The van der Waals surface area contributed by atoms with E-state index in [4.69, 9.17) is 0 Å². The number of ketones is 2. The van der Waals surface area contributed by atoms with Gasteiger partial charge in [-0.1, -0.05) is 6.07 Å². The number of allylic oxidation sites excluding steroid dienone is 1. The van der Waals surface area contributed by atoms with Crippen LogP contribution in [0.25, 0.3) is 5.76 Å². The molecule has 96 valence electrons. The second kappa shape index (κ2) is 4.02. The van der Waals surface area contributed by atoms with Gasteiger partial charge in [-0.2, -0.15) is 5.26 Å². The van der Waals surface area contributed by atoms with E-state index in [1.54, 1.807) is 0 Å². The molecule has 4 nitrogen and oxygen atoms in total. The number of nitrogens with zero attached hydrogens (tertiary/aromatic N) is 1. The summed E-state index contributed by atoms with van der Waals surface area (Å²) in [7, 11) is 0. The van der Waals surface area contributed by atoms with Crippen LogP contribution >= 0.6 is 0 Å². The Morgan fingerprint density at radius 1 is 1.47 bits per heavy atom. The predicted octanol–water partition coefficient (Wildman–Crippen LogP) is 2.05. The quantitative estimate of drug-likeness (QED) is 0.783. The number of fused-ring (bicyclic) bond motifs is 1. The number of rotatable bonds is 1. The fourth-order valence-corrected chi connectivity index (χ4v) is 2.20. The third-order valence-electron chi connectivity index (χ3n) is 3.27. The maximum Gasteiger partial charge on any atom is 0.194 e. The summed E-state index contributed by atoms with van der Waals surface area (Å²) < 4.78 is 13.3. The van der Waals surface area contributed by atoms with Crippen LogP contribution in [0.3, 0.4) is 0 Å². The Hall–Kier alpha value is -2.48. The van der Waals surface area contributed by atoms with Gasteiger partial charge in [0.1, 0.15) is 22.6 Å². The van der Waals surface area contributed by atoms with E-state index in [-0.39, 0.29) is 11.1 Å². The Bertz CT molecular complexity index is 684. The number of carbonyl (C=O) groups is 2. The number of nitriles is 1. The molecule has 0 aromatic heterocycles. The highest BCUT2D eigenvalue weighted by molar-refractivity contribution is 6.29. The lowest BCUT2D eigenvalue weighted by Crippen LogP contribution is -2.38. The van der Waals surface area contributed by atoms with Crippen LogP contribution in [0.15, 0.2) is 23.8 Å². The lowest BCUT2D eigenvalue weighted by molar-refractivity contribution is -0.122. The fraction of sp³-hybridized carbons (Fsp3) is 0.214. The molecule has 1 aliphatic rings. The van der Waals surface area contributed by atoms with Crippen molar-refractivity contribution < 1.29 is 19.1 Å². The number of aliphatic hydroxyl groups is 1. The first-order valence-electron chi connectivity index (χ1n) is 5.53. The SMILES string of the molecule is CC(=O)C1=C(O)c2cc(F)ccc2C(C)(C#N)C1=O. The number of halogens is 1. The molecule has 19 heavy (non-hydrogen) atoms. The van der Waals surface area contributed by atoms with Crippen molar-refractivity contribution in [2.24, 2.45) is 0 Å². The zero-order chi connectivity index (χ0) is 14.4. The van der Waals surface area contributed by atoms with Gasteiger partial charge in [-0.3, -0.25) is 9.59 Å². The second-order valence-electron chi connectivity index (χ2n) is 4.54. The number of Topliss-reactive ketones (excluding diaryl/α,β-unsaturated/α-hetero) is 2. The van der Waals surface area contributed by atoms with Crippen LogP contribution in [0.4, 0.5) is 4.39 Å². The molecule has 2 rings (SSSR count). The first kappa shape index (κ1) is 13.0. The monoisotopic (exact) mass is 259 g/mol. The summed E-state index contributed by atoms with van der Waals surface area (Å²) in [6, 6.07) is 5.23. The Kier molecular flexibility index (Phi) is 2.74. The molecular weight excluding hydrogens is 249 g/mol. The largest absolute Gasteiger partial charge is 0.506 e. The van der Waals surface area contributed by atoms with E-state index < -0.39 is 34.1 Å². The van der Waals surface area contributed by atoms with Crippen molar-refractivity contribution in [1.82, 2.24) is 0 Å². The molecule has 1 atom stereocenters. The van der Waals surface area contributed by atoms with Crippen molar-refractivity contribution in [3.05, 3.63) is 40.7 Å². The van der Waals surface area contributed by atoms with E-state index in [0.29, 0.717) is 0 Å². The van der Waals surface area contributed by atoms with Crippen LogP contribution in [-0.4, -0.2) is 16.7 Å². The van der Waals surface area contributed by atoms with E-state index >= 15 is 0 Å². The molecule has 1 aliphatic carbocycles. The Morgan fingerprint density at radius 2 is 2.11 bits per heavy atom. The van der Waals surface area contributed by atoms with Gasteiger partial charge in [-0.15, -0.1) is 0 Å². The minimum Gasteiger partial charge on any atom is -0.506 e. The molecule has 1 aromatic carbocycles. The Labute approximate surface area is 108 Å². The van der Waals surface area contributed by atoms with Crippen LogP contribution in [0, 0.1) is 17.1 Å². The van der Waals surface area contributed by atoms with E-state index in [0.717, 1.165) is 19.1 Å². The molecule has 0 amide bonds. The van der Waals surface area contributed by atoms with Gasteiger partial charge >= 0.3 is 0 Å². The van der Waals surface area contributed by atoms with Crippen LogP contribution in [-0.2, 0) is 15.0 Å². The van der Waals surface area contributed by atoms with Gasteiger partial charge in [-0.25, -0.2) is 4.39 Å². The number of benzene rings is 1. The molecule has 0 aliphatic heterocycles. The van der Waals surface area contributed by atoms with Gasteiger partial charge in [0.2, 0.25) is 0 Å². The average Bonchev–Trinajstić information content (AvgIpc) is 2.36. The Morgan fingerprint density at radius 3 is 2.63 bits per heavy atom. The molecule has 0 radical (unpaired) electrons. The van der Waals surface area contributed by atoms with E-state index in [9.17, 15) is 24.3 Å². The Balaban J connectivity index is 2.90. The molecular formula is C14H10FNO3. The van der Waals surface area contributed by atoms with Gasteiger partial charge in [-0.05, 0) is 31.5 Å². The molecule has 0 saturated heterocycles. The van der Waals surface area contributed by atoms with E-state index in [1.165, 1.54) is 13.0 Å². The minimum absolute atomic E-state index is 0.00819. The number of aliphatic hydroxyl groups excluding tert-OH is 1. The number of hydrogen-bond donors (Lipinski definition) is 1. The first-order valence-corrected chi connectivity index (χ1v) is 5.53. The van der Waals surface area contributed by atoms with Crippen molar-refractivity contribution in [3.63, 3.8) is 0 Å². The van der Waals surface area contributed by atoms with Gasteiger partial charge in [0.25, 0.3) is 0 Å². The van der Waals surface area contributed by atoms with Crippen LogP contribution in [0.2, 0.25) is 0 Å². The molecule has 0 fully saturated rings. The van der Waals surface area contributed by atoms with Gasteiger partial charge in [0.05, 0.1) is 6.07 Å². The normalized spacial score (nSPS) is 21.9. The van der Waals surface area contributed by atoms with Crippen molar-refractivity contribution >= 4 is 17.3 Å². The first-order chi connectivity index (χ1) is 8.82. The summed E-state index contributed by atoms with van der Waals surface area (Å²) in [5.41, 5.74) is -1.85. The van der Waals surface area contributed by atoms with Crippen LogP contribution in [0.5, 0.6) is 0 Å². The standard InChI is InChI=1S/C14H10FNO3/c1-7(17)11-12(18)9-5-8(15)3-4-10(9)14(2,6-16)13(11)19/h3-5,18H,1-2H3. The zero-order valence-corrected chi connectivity index (χ0v) is 10.3. The van der Waals surface area contributed by atoms with Crippen LogP contribution in [0.1, 0.15) is 25.0 Å². The molecule has 0 heterocycles. The second-order valence-corrected chi connectivity index (χ2v) is 4.54. The van der Waals surface area contributed by atoms with Gasteiger partial charge in [0.15, 0.2) is 11.6 Å². The number of hydrogen-bond acceptors (Lipinski definition) is 4. The summed E-state index contributed by atoms with van der Waals surface area (Å²) in [6.45, 7) is 2.47. The summed E-state index contributed by atoms with van der Waals surface area (Å²) >= 11 is 0. The van der Waals surface area contributed by atoms with Crippen molar-refractivity contribution in [2.75, 3.05) is 0 Å². The van der Waals surface area contributed by atoms with Crippen molar-refractivity contribution in [1.29, 1.82) is 5.26 Å². The summed E-state index contributed by atoms with van der Waals surface area (Å²) in [5, 5.41) is 19.2. The molecule has 1 N–H and O–H groups in total. The number of carbonyl (C=O) groups excluding carboxylic acids is 2. The molecule has 1 unspecified atom stereocenters. The van der Waals surface area contributed by atoms with Crippen molar-refractivity contribution in [2.45, 2.75) is 19.3 Å². The molecule has 0 saturated carbocycles. The maximum absolute atomic E-state index is 13.3. The van der Waals surface area contributed by atoms with Gasteiger partial charge in [0, 0.05) is 5.56 Å². The highest BCUT2D eigenvalue weighted by atomic mass is 19.1. The lowest BCUT2D eigenvalue weighted by Gasteiger charge is -2.29. The molecule has 0 bridgehead atoms. The summed E-state index contributed by atoms with van der Waals surface area (Å²) in [4.78, 5) is 23.7. The summed E-state index contributed by atoms with van der Waals surface area (Å²) in [6.07, 6.45) is 0. The molecule has 5 heteroatoms. The predicted molar refractivity (Wildman–Crippen MR) is 64.6 cm³/mol.